The van der Waals surface area contributed by atoms with Gasteiger partial charge in [-0.2, -0.15) is 0 Å². The fraction of sp³-hybridized carbons (Fsp3) is 0.357. The van der Waals surface area contributed by atoms with Crippen molar-refractivity contribution >= 4 is 30.6 Å². The number of anilines is 1. The number of aryl methyl sites for hydroxylation is 1. The fourth-order valence-corrected chi connectivity index (χ4v) is 2.27. The van der Waals surface area contributed by atoms with Crippen molar-refractivity contribution in [3.8, 4) is 11.4 Å². The Kier molecular flexibility index (Phi) is 6.81. The molecular weight excluding hydrogens is 309 g/mol. The minimum Gasteiger partial charge on any atom is -0.366 e. The van der Waals surface area contributed by atoms with Crippen molar-refractivity contribution in [2.75, 3.05) is 18.4 Å². The second-order valence-electron chi connectivity index (χ2n) is 4.80. The van der Waals surface area contributed by atoms with Crippen LogP contribution >= 0.6 is 24.8 Å². The van der Waals surface area contributed by atoms with Gasteiger partial charge in [0.2, 0.25) is 0 Å². The smallest absolute Gasteiger partial charge is 0.160 e. The molecule has 1 atom stereocenters. The fourth-order valence-electron chi connectivity index (χ4n) is 2.27. The highest BCUT2D eigenvalue weighted by molar-refractivity contribution is 5.85. The summed E-state index contributed by atoms with van der Waals surface area (Å²) in [5.41, 5.74) is 2.07. The first-order chi connectivity index (χ1) is 9.33. The van der Waals surface area contributed by atoms with Crippen molar-refractivity contribution in [2.45, 2.75) is 19.4 Å². The zero-order valence-electron chi connectivity index (χ0n) is 11.7. The van der Waals surface area contributed by atoms with Gasteiger partial charge in [-0.25, -0.2) is 15.0 Å². The summed E-state index contributed by atoms with van der Waals surface area (Å²) in [6.45, 7) is 4.14. The van der Waals surface area contributed by atoms with Gasteiger partial charge in [0.15, 0.2) is 5.82 Å². The van der Waals surface area contributed by atoms with Crippen LogP contribution < -0.4 is 10.6 Å². The molecule has 0 saturated carbocycles. The van der Waals surface area contributed by atoms with Gasteiger partial charge in [0.1, 0.15) is 5.82 Å². The largest absolute Gasteiger partial charge is 0.366 e. The summed E-state index contributed by atoms with van der Waals surface area (Å²) in [6.07, 6.45) is 6.46. The Hall–Kier alpha value is -1.43. The van der Waals surface area contributed by atoms with Crippen LogP contribution in [0.5, 0.6) is 0 Å². The monoisotopic (exact) mass is 327 g/mol. The molecule has 1 fully saturated rings. The van der Waals surface area contributed by atoms with E-state index in [1.807, 2.05) is 12.3 Å². The van der Waals surface area contributed by atoms with Gasteiger partial charge in [-0.15, -0.1) is 24.8 Å². The van der Waals surface area contributed by atoms with Crippen LogP contribution in [0.3, 0.4) is 0 Å². The molecule has 3 heterocycles. The lowest BCUT2D eigenvalue weighted by Crippen LogP contribution is -2.23. The molecule has 1 aliphatic rings. The first-order valence-corrected chi connectivity index (χ1v) is 6.54. The molecule has 2 N–H and O–H groups in total. The summed E-state index contributed by atoms with van der Waals surface area (Å²) >= 11 is 0. The third-order valence-corrected chi connectivity index (χ3v) is 3.30. The van der Waals surface area contributed by atoms with E-state index in [-0.39, 0.29) is 24.8 Å². The van der Waals surface area contributed by atoms with E-state index in [0.29, 0.717) is 11.9 Å². The molecule has 1 saturated heterocycles. The highest BCUT2D eigenvalue weighted by atomic mass is 35.5. The zero-order chi connectivity index (χ0) is 13.1. The molecule has 1 aliphatic heterocycles. The van der Waals surface area contributed by atoms with Crippen LogP contribution in [0, 0.1) is 6.92 Å². The normalized spacial score (nSPS) is 16.7. The number of nitrogens with zero attached hydrogens (tertiary/aromatic N) is 3. The molecule has 2 aromatic rings. The predicted molar refractivity (Wildman–Crippen MR) is 89.4 cm³/mol. The number of halogens is 2. The summed E-state index contributed by atoms with van der Waals surface area (Å²) in [6, 6.07) is 4.37. The molecule has 0 amide bonds. The van der Waals surface area contributed by atoms with Crippen LogP contribution in [0.4, 0.5) is 5.82 Å². The molecule has 0 aliphatic carbocycles. The van der Waals surface area contributed by atoms with E-state index in [0.717, 1.165) is 36.5 Å². The summed E-state index contributed by atoms with van der Waals surface area (Å²) in [5.74, 6) is 1.67. The van der Waals surface area contributed by atoms with Gasteiger partial charge in [-0.1, -0.05) is 0 Å². The Labute approximate surface area is 136 Å². The van der Waals surface area contributed by atoms with Crippen LogP contribution in [-0.4, -0.2) is 34.1 Å². The Morgan fingerprint density at radius 2 is 1.95 bits per heavy atom. The van der Waals surface area contributed by atoms with Crippen LogP contribution in [0.1, 0.15) is 12.0 Å². The molecule has 114 valence electrons. The first kappa shape index (κ1) is 17.6. The number of aromatic nitrogens is 3. The second kappa shape index (κ2) is 8.12. The highest BCUT2D eigenvalue weighted by Crippen LogP contribution is 2.20. The topological polar surface area (TPSA) is 62.7 Å². The molecular formula is C14H19Cl2N5. The lowest BCUT2D eigenvalue weighted by atomic mass is 10.1. The van der Waals surface area contributed by atoms with E-state index in [2.05, 4.69) is 38.6 Å². The van der Waals surface area contributed by atoms with Crippen LogP contribution in [0.25, 0.3) is 11.4 Å². The minimum absolute atomic E-state index is 0. The molecule has 0 aromatic carbocycles. The summed E-state index contributed by atoms with van der Waals surface area (Å²) in [5, 5.41) is 6.81. The van der Waals surface area contributed by atoms with Crippen molar-refractivity contribution in [1.29, 1.82) is 0 Å². The molecule has 0 bridgehead atoms. The lowest BCUT2D eigenvalue weighted by Gasteiger charge is -2.14. The molecule has 3 rings (SSSR count). The Morgan fingerprint density at radius 1 is 1.19 bits per heavy atom. The Bertz CT molecular complexity index is 559. The lowest BCUT2D eigenvalue weighted by molar-refractivity contribution is 0.786. The summed E-state index contributed by atoms with van der Waals surface area (Å²) in [7, 11) is 0. The number of rotatable bonds is 3. The average molecular weight is 328 g/mol. The molecule has 0 spiro atoms. The van der Waals surface area contributed by atoms with Crippen molar-refractivity contribution in [3.63, 3.8) is 0 Å². The molecule has 0 radical (unpaired) electrons. The van der Waals surface area contributed by atoms with E-state index in [9.17, 15) is 0 Å². The standard InChI is InChI=1S/C14H17N5.2ClH/c1-10-7-11(14-16-4-2-5-17-14)8-18-13(10)19-12-3-6-15-9-12;;/h2,4-5,7-8,12,15H,3,6,9H2,1H3,(H,18,19);2*1H/t12-;;/m0../s1. The molecule has 5 nitrogen and oxygen atoms in total. The predicted octanol–water partition coefficient (Wildman–Crippen LogP) is 2.46. The summed E-state index contributed by atoms with van der Waals surface area (Å²) < 4.78 is 0. The van der Waals surface area contributed by atoms with Gasteiger partial charge in [-0.05, 0) is 37.6 Å². The number of hydrogen-bond acceptors (Lipinski definition) is 5. The molecule has 7 heteroatoms. The van der Waals surface area contributed by atoms with Gasteiger partial charge >= 0.3 is 0 Å². The van der Waals surface area contributed by atoms with Crippen molar-refractivity contribution in [2.24, 2.45) is 0 Å². The third-order valence-electron chi connectivity index (χ3n) is 3.30. The van der Waals surface area contributed by atoms with Gasteiger partial charge in [-0.3, -0.25) is 0 Å². The zero-order valence-corrected chi connectivity index (χ0v) is 13.4. The maximum Gasteiger partial charge on any atom is 0.160 e. The summed E-state index contributed by atoms with van der Waals surface area (Å²) in [4.78, 5) is 13.0. The van der Waals surface area contributed by atoms with Crippen molar-refractivity contribution in [1.82, 2.24) is 20.3 Å². The Morgan fingerprint density at radius 3 is 2.57 bits per heavy atom. The maximum atomic E-state index is 4.50. The van der Waals surface area contributed by atoms with Gasteiger partial charge in [0.25, 0.3) is 0 Å². The van der Waals surface area contributed by atoms with E-state index in [1.54, 1.807) is 12.4 Å². The number of nitrogens with one attached hydrogen (secondary N) is 2. The first-order valence-electron chi connectivity index (χ1n) is 6.54. The van der Waals surface area contributed by atoms with E-state index >= 15 is 0 Å². The van der Waals surface area contributed by atoms with Crippen molar-refractivity contribution < 1.29 is 0 Å². The third kappa shape index (κ3) is 4.27. The average Bonchev–Trinajstić information content (AvgIpc) is 2.95. The SMILES string of the molecule is Cc1cc(-c2ncccn2)cnc1N[C@H]1CCNC1.Cl.Cl. The molecule has 21 heavy (non-hydrogen) atoms. The number of hydrogen-bond donors (Lipinski definition) is 2. The van der Waals surface area contributed by atoms with Gasteiger partial charge < -0.3 is 10.6 Å². The maximum absolute atomic E-state index is 4.50. The number of pyridine rings is 1. The molecule has 0 unspecified atom stereocenters. The van der Waals surface area contributed by atoms with Crippen molar-refractivity contribution in [3.05, 3.63) is 36.3 Å². The Balaban J connectivity index is 0.00000110. The van der Waals surface area contributed by atoms with E-state index in [4.69, 9.17) is 0 Å². The van der Waals surface area contributed by atoms with E-state index < -0.39 is 0 Å². The second-order valence-corrected chi connectivity index (χ2v) is 4.80. The highest BCUT2D eigenvalue weighted by Gasteiger charge is 2.15. The van der Waals surface area contributed by atoms with E-state index in [1.165, 1.54) is 0 Å². The van der Waals surface area contributed by atoms with Crippen LogP contribution in [0.15, 0.2) is 30.7 Å². The van der Waals surface area contributed by atoms with Crippen LogP contribution in [0.2, 0.25) is 0 Å². The van der Waals surface area contributed by atoms with Crippen LogP contribution in [-0.2, 0) is 0 Å². The quantitative estimate of drug-likeness (QED) is 0.906. The van der Waals surface area contributed by atoms with Gasteiger partial charge in [0, 0.05) is 36.7 Å². The molecule has 2 aromatic heterocycles. The minimum atomic E-state index is 0. The van der Waals surface area contributed by atoms with Gasteiger partial charge in [0.05, 0.1) is 0 Å².